The van der Waals surface area contributed by atoms with Crippen molar-refractivity contribution in [3.63, 3.8) is 0 Å². The van der Waals surface area contributed by atoms with Crippen molar-refractivity contribution in [2.24, 2.45) is 23.7 Å². The molecule has 0 radical (unpaired) electrons. The molecular formula is C46H40. The monoisotopic (exact) mass is 592 g/mol. The first-order valence-corrected chi connectivity index (χ1v) is 17.7. The van der Waals surface area contributed by atoms with Crippen LogP contribution in [0.15, 0.2) is 183 Å². The molecule has 1 aromatic rings. The van der Waals surface area contributed by atoms with Gasteiger partial charge in [-0.3, -0.25) is 0 Å². The maximum Gasteiger partial charge on any atom is 0.0136 e. The summed E-state index contributed by atoms with van der Waals surface area (Å²) in [5.41, 5.74) is 20.0. The fourth-order valence-electron chi connectivity index (χ4n) is 9.73. The summed E-state index contributed by atoms with van der Waals surface area (Å²) in [5, 5.41) is 0. The average molecular weight is 593 g/mol. The second-order valence-corrected chi connectivity index (χ2v) is 14.5. The lowest BCUT2D eigenvalue weighted by Gasteiger charge is -2.38. The number of benzene rings is 1. The number of hydrogen-bond acceptors (Lipinski definition) is 0. The minimum atomic E-state index is 0.441. The molecule has 224 valence electrons. The van der Waals surface area contributed by atoms with Crippen molar-refractivity contribution in [2.75, 3.05) is 0 Å². The van der Waals surface area contributed by atoms with Crippen molar-refractivity contribution in [1.82, 2.24) is 0 Å². The van der Waals surface area contributed by atoms with Crippen LogP contribution in [0.4, 0.5) is 0 Å². The summed E-state index contributed by atoms with van der Waals surface area (Å²) in [4.78, 5) is 0. The number of allylic oxidation sites excluding steroid dienone is 27. The van der Waals surface area contributed by atoms with Crippen molar-refractivity contribution >= 4 is 6.08 Å². The fraction of sp³-hybridized carbons (Fsp3) is 0.261. The van der Waals surface area contributed by atoms with Gasteiger partial charge in [-0.05, 0) is 117 Å². The molecule has 0 saturated heterocycles. The van der Waals surface area contributed by atoms with E-state index in [-0.39, 0.29) is 0 Å². The molecule has 0 heteroatoms. The van der Waals surface area contributed by atoms with Crippen LogP contribution in [0.1, 0.15) is 62.0 Å². The molecule has 10 rings (SSSR count). The van der Waals surface area contributed by atoms with Gasteiger partial charge in [-0.2, -0.15) is 0 Å². The Morgan fingerprint density at radius 1 is 0.478 bits per heavy atom. The van der Waals surface area contributed by atoms with Crippen LogP contribution in [0, 0.1) is 23.7 Å². The summed E-state index contributed by atoms with van der Waals surface area (Å²) < 4.78 is 0. The van der Waals surface area contributed by atoms with Gasteiger partial charge in [0.15, 0.2) is 0 Å². The average Bonchev–Trinajstić information content (AvgIpc) is 3.13. The van der Waals surface area contributed by atoms with Gasteiger partial charge in [-0.1, -0.05) is 128 Å². The number of fused-ring (bicyclic) bond motifs is 8. The molecule has 1 aromatic carbocycles. The van der Waals surface area contributed by atoms with Crippen LogP contribution < -0.4 is 0 Å². The lowest BCUT2D eigenvalue weighted by Crippen LogP contribution is -2.25. The third-order valence-electron chi connectivity index (χ3n) is 12.2. The molecule has 0 aliphatic heterocycles. The predicted molar refractivity (Wildman–Crippen MR) is 192 cm³/mol. The van der Waals surface area contributed by atoms with E-state index >= 15 is 0 Å². The predicted octanol–water partition coefficient (Wildman–Crippen LogP) is 11.4. The first kappa shape index (κ1) is 26.8. The zero-order valence-electron chi connectivity index (χ0n) is 26.5. The Kier molecular flexibility index (Phi) is 6.15. The molecular weight excluding hydrogens is 553 g/mol. The molecule has 5 unspecified atom stereocenters. The topological polar surface area (TPSA) is 0 Å². The third kappa shape index (κ3) is 4.26. The minimum absolute atomic E-state index is 0.441. The molecule has 0 heterocycles. The third-order valence-corrected chi connectivity index (χ3v) is 12.2. The van der Waals surface area contributed by atoms with E-state index in [1.807, 2.05) is 0 Å². The maximum atomic E-state index is 2.62. The van der Waals surface area contributed by atoms with Crippen LogP contribution >= 0.6 is 0 Å². The Bertz CT molecular complexity index is 2020. The van der Waals surface area contributed by atoms with Gasteiger partial charge in [-0.15, -0.1) is 0 Å². The van der Waals surface area contributed by atoms with Crippen molar-refractivity contribution in [2.45, 2.75) is 50.9 Å². The number of rotatable bonds is 2. The largest absolute Gasteiger partial charge is 0.0767 e. The molecule has 5 atom stereocenters. The minimum Gasteiger partial charge on any atom is -0.0767 e. The molecule has 0 spiro atoms. The summed E-state index contributed by atoms with van der Waals surface area (Å²) in [7, 11) is 0. The highest BCUT2D eigenvalue weighted by molar-refractivity contribution is 5.67. The SMILES string of the molecule is C1=CC2C=CC3=C(C=C(C4=CC5=C(C=CC6C7=C(C=CC56)CCC(C5=CC=C6C=Cc8ccccc8C6C5)=C7)CC4)CC3)C2C=C1. The van der Waals surface area contributed by atoms with Gasteiger partial charge in [0.05, 0.1) is 0 Å². The van der Waals surface area contributed by atoms with Crippen LogP contribution in [0.2, 0.25) is 0 Å². The van der Waals surface area contributed by atoms with E-state index in [9.17, 15) is 0 Å². The molecule has 0 N–H and O–H groups in total. The van der Waals surface area contributed by atoms with Gasteiger partial charge in [0.25, 0.3) is 0 Å². The van der Waals surface area contributed by atoms with E-state index in [0.717, 1.165) is 19.3 Å². The highest BCUT2D eigenvalue weighted by atomic mass is 14.4. The van der Waals surface area contributed by atoms with Crippen molar-refractivity contribution in [3.8, 4) is 0 Å². The lowest BCUT2D eigenvalue weighted by molar-refractivity contribution is 0.582. The van der Waals surface area contributed by atoms with Crippen LogP contribution in [0.5, 0.6) is 0 Å². The molecule has 0 bridgehead atoms. The Labute approximate surface area is 273 Å². The summed E-state index contributed by atoms with van der Waals surface area (Å²) in [6, 6.07) is 8.97. The molecule has 9 aliphatic rings. The highest BCUT2D eigenvalue weighted by Gasteiger charge is 2.35. The van der Waals surface area contributed by atoms with Crippen molar-refractivity contribution < 1.29 is 0 Å². The van der Waals surface area contributed by atoms with Crippen molar-refractivity contribution in [1.29, 1.82) is 0 Å². The molecule has 0 saturated carbocycles. The molecule has 0 amide bonds. The van der Waals surface area contributed by atoms with Gasteiger partial charge in [0.1, 0.15) is 0 Å². The van der Waals surface area contributed by atoms with E-state index in [4.69, 9.17) is 0 Å². The highest BCUT2D eigenvalue weighted by Crippen LogP contribution is 2.50. The standard InChI is InChI=1S/C46H40/c1-3-7-39-29(5-1)9-11-31-13-17-35(25-43(31)39)37-19-15-33-21-24-42-41(45(33)27-37)23-22-34-16-20-38(28-46(34)42)36-18-14-32-12-10-30-6-2-4-8-40(30)44(32)26-36/h1-13,17,21-24,26-28,30,40-43H,14-16,18-20,25H2. The van der Waals surface area contributed by atoms with E-state index in [2.05, 4.69) is 128 Å². The van der Waals surface area contributed by atoms with Gasteiger partial charge in [-0.25, -0.2) is 0 Å². The first-order chi connectivity index (χ1) is 22.8. The Morgan fingerprint density at radius 3 is 1.80 bits per heavy atom. The Balaban J connectivity index is 0.940. The molecule has 46 heavy (non-hydrogen) atoms. The van der Waals surface area contributed by atoms with Crippen LogP contribution in [-0.4, -0.2) is 0 Å². The smallest absolute Gasteiger partial charge is 0.0136 e. The van der Waals surface area contributed by atoms with Crippen LogP contribution in [0.25, 0.3) is 6.08 Å². The second kappa shape index (κ2) is 10.6. The van der Waals surface area contributed by atoms with Gasteiger partial charge in [0, 0.05) is 29.6 Å². The second-order valence-electron chi connectivity index (χ2n) is 14.5. The Morgan fingerprint density at radius 2 is 1.09 bits per heavy atom. The lowest BCUT2D eigenvalue weighted by atomic mass is 9.66. The summed E-state index contributed by atoms with van der Waals surface area (Å²) in [6.07, 6.45) is 49.5. The molecule has 0 aromatic heterocycles. The van der Waals surface area contributed by atoms with Crippen LogP contribution in [0.3, 0.4) is 0 Å². The van der Waals surface area contributed by atoms with E-state index in [0.29, 0.717) is 29.6 Å². The first-order valence-electron chi connectivity index (χ1n) is 17.7. The van der Waals surface area contributed by atoms with Crippen molar-refractivity contribution in [3.05, 3.63) is 194 Å². The van der Waals surface area contributed by atoms with Gasteiger partial charge >= 0.3 is 0 Å². The summed E-state index contributed by atoms with van der Waals surface area (Å²) in [5.74, 6) is 2.38. The zero-order chi connectivity index (χ0) is 30.2. The normalized spacial score (nSPS) is 31.4. The van der Waals surface area contributed by atoms with E-state index in [1.54, 1.807) is 50.2 Å². The van der Waals surface area contributed by atoms with Gasteiger partial charge in [0.2, 0.25) is 0 Å². The quantitative estimate of drug-likeness (QED) is 0.320. The molecule has 9 aliphatic carbocycles. The zero-order valence-corrected chi connectivity index (χ0v) is 26.5. The van der Waals surface area contributed by atoms with E-state index < -0.39 is 0 Å². The molecule has 0 fully saturated rings. The van der Waals surface area contributed by atoms with Gasteiger partial charge < -0.3 is 0 Å². The summed E-state index contributed by atoms with van der Waals surface area (Å²) >= 11 is 0. The fourth-order valence-corrected chi connectivity index (χ4v) is 9.73. The maximum absolute atomic E-state index is 2.62. The number of hydrogen-bond donors (Lipinski definition) is 0. The molecule has 0 nitrogen and oxygen atoms in total. The van der Waals surface area contributed by atoms with E-state index in [1.165, 1.54) is 48.0 Å². The Hall–Kier alpha value is -4.42. The van der Waals surface area contributed by atoms with Crippen LogP contribution in [-0.2, 0) is 0 Å². The summed E-state index contributed by atoms with van der Waals surface area (Å²) in [6.45, 7) is 0.